The molecule has 122 valence electrons. The highest BCUT2D eigenvalue weighted by molar-refractivity contribution is 5.38. The fourth-order valence-electron chi connectivity index (χ4n) is 3.03. The van der Waals surface area contributed by atoms with Gasteiger partial charge in [-0.3, -0.25) is 9.88 Å². The number of hydrogen-bond donors (Lipinski definition) is 0. The van der Waals surface area contributed by atoms with Crippen molar-refractivity contribution < 1.29 is 4.39 Å². The molecule has 1 saturated heterocycles. The SMILES string of the molecule is Cc1nc([C@@H]2CCCN2Cc2ccc(F)cn2)cc(N(C)C)n1. The van der Waals surface area contributed by atoms with E-state index in [4.69, 9.17) is 0 Å². The van der Waals surface area contributed by atoms with Gasteiger partial charge in [0, 0.05) is 26.7 Å². The Morgan fingerprint density at radius 1 is 1.30 bits per heavy atom. The van der Waals surface area contributed by atoms with E-state index in [1.165, 1.54) is 12.3 Å². The van der Waals surface area contributed by atoms with Gasteiger partial charge in [0.15, 0.2) is 0 Å². The lowest BCUT2D eigenvalue weighted by Crippen LogP contribution is -2.25. The number of anilines is 1. The van der Waals surface area contributed by atoms with E-state index in [0.717, 1.165) is 42.4 Å². The lowest BCUT2D eigenvalue weighted by atomic mass is 10.1. The zero-order valence-electron chi connectivity index (χ0n) is 13.8. The largest absolute Gasteiger partial charge is 0.363 e. The van der Waals surface area contributed by atoms with Gasteiger partial charge in [0.1, 0.15) is 17.5 Å². The Labute approximate surface area is 136 Å². The van der Waals surface area contributed by atoms with Gasteiger partial charge in [-0.25, -0.2) is 14.4 Å². The number of nitrogens with zero attached hydrogens (tertiary/aromatic N) is 5. The van der Waals surface area contributed by atoms with E-state index in [2.05, 4.69) is 25.9 Å². The number of pyridine rings is 1. The van der Waals surface area contributed by atoms with Gasteiger partial charge in [0.2, 0.25) is 0 Å². The number of aryl methyl sites for hydroxylation is 1. The first kappa shape index (κ1) is 15.8. The molecule has 0 saturated carbocycles. The predicted octanol–water partition coefficient (Wildman–Crippen LogP) is 2.72. The summed E-state index contributed by atoms with van der Waals surface area (Å²) in [5.74, 6) is 1.42. The van der Waals surface area contributed by atoms with E-state index in [9.17, 15) is 4.39 Å². The zero-order valence-corrected chi connectivity index (χ0v) is 13.8. The van der Waals surface area contributed by atoms with Gasteiger partial charge < -0.3 is 4.90 Å². The first-order valence-electron chi connectivity index (χ1n) is 7.90. The summed E-state index contributed by atoms with van der Waals surface area (Å²) in [5, 5.41) is 0. The van der Waals surface area contributed by atoms with Gasteiger partial charge in [0.05, 0.1) is 23.6 Å². The van der Waals surface area contributed by atoms with Crippen LogP contribution >= 0.6 is 0 Å². The van der Waals surface area contributed by atoms with Crippen molar-refractivity contribution in [2.45, 2.75) is 32.4 Å². The average Bonchev–Trinajstić information content (AvgIpc) is 2.97. The molecule has 0 N–H and O–H groups in total. The van der Waals surface area contributed by atoms with Crippen molar-refractivity contribution >= 4 is 5.82 Å². The highest BCUT2D eigenvalue weighted by Gasteiger charge is 2.28. The van der Waals surface area contributed by atoms with Crippen LogP contribution in [0.2, 0.25) is 0 Å². The first-order valence-corrected chi connectivity index (χ1v) is 7.90. The third-order valence-electron chi connectivity index (χ3n) is 4.16. The van der Waals surface area contributed by atoms with Gasteiger partial charge in [-0.2, -0.15) is 0 Å². The molecule has 2 aromatic heterocycles. The molecule has 1 aliphatic heterocycles. The fraction of sp³-hybridized carbons (Fsp3) is 0.471. The number of likely N-dealkylation sites (tertiary alicyclic amines) is 1. The Balaban J connectivity index is 1.82. The molecule has 0 bridgehead atoms. The molecule has 0 aromatic carbocycles. The molecule has 0 unspecified atom stereocenters. The molecule has 1 fully saturated rings. The smallest absolute Gasteiger partial charge is 0.141 e. The highest BCUT2D eigenvalue weighted by Crippen LogP contribution is 2.33. The summed E-state index contributed by atoms with van der Waals surface area (Å²) >= 11 is 0. The molecule has 2 aromatic rings. The molecule has 0 aliphatic carbocycles. The normalized spacial score (nSPS) is 18.3. The topological polar surface area (TPSA) is 45.2 Å². The minimum absolute atomic E-state index is 0.266. The number of aromatic nitrogens is 3. The van der Waals surface area contributed by atoms with Crippen molar-refractivity contribution in [1.29, 1.82) is 0 Å². The third kappa shape index (κ3) is 3.64. The Kier molecular flexibility index (Phi) is 4.52. The number of rotatable bonds is 4. The lowest BCUT2D eigenvalue weighted by molar-refractivity contribution is 0.241. The van der Waals surface area contributed by atoms with Gasteiger partial charge in [-0.05, 0) is 38.4 Å². The third-order valence-corrected chi connectivity index (χ3v) is 4.16. The van der Waals surface area contributed by atoms with Crippen molar-refractivity contribution in [3.63, 3.8) is 0 Å². The van der Waals surface area contributed by atoms with E-state index in [1.54, 1.807) is 6.07 Å². The predicted molar refractivity (Wildman–Crippen MR) is 87.7 cm³/mol. The van der Waals surface area contributed by atoms with Crippen LogP contribution in [0.5, 0.6) is 0 Å². The molecule has 0 amide bonds. The van der Waals surface area contributed by atoms with Gasteiger partial charge in [-0.1, -0.05) is 0 Å². The van der Waals surface area contributed by atoms with E-state index in [0.29, 0.717) is 6.54 Å². The maximum absolute atomic E-state index is 13.0. The summed E-state index contributed by atoms with van der Waals surface area (Å²) in [5.41, 5.74) is 1.94. The molecule has 1 atom stereocenters. The van der Waals surface area contributed by atoms with Crippen LogP contribution in [0.1, 0.15) is 36.1 Å². The quantitative estimate of drug-likeness (QED) is 0.868. The highest BCUT2D eigenvalue weighted by atomic mass is 19.1. The van der Waals surface area contributed by atoms with Crippen LogP contribution in [0, 0.1) is 12.7 Å². The first-order chi connectivity index (χ1) is 11.0. The van der Waals surface area contributed by atoms with Crippen LogP contribution in [-0.4, -0.2) is 40.5 Å². The van der Waals surface area contributed by atoms with Crippen LogP contribution < -0.4 is 4.90 Å². The second-order valence-corrected chi connectivity index (χ2v) is 6.19. The molecular weight excluding hydrogens is 293 g/mol. The van der Waals surface area contributed by atoms with E-state index in [-0.39, 0.29) is 11.9 Å². The van der Waals surface area contributed by atoms with Crippen molar-refractivity contribution in [1.82, 2.24) is 19.9 Å². The van der Waals surface area contributed by atoms with Crippen LogP contribution in [0.15, 0.2) is 24.4 Å². The average molecular weight is 315 g/mol. The standard InChI is InChI=1S/C17H22FN5/c1-12-20-15(9-17(21-12)22(2)3)16-5-4-8-23(16)11-14-7-6-13(18)10-19-14/h6-7,9-10,16H,4-5,8,11H2,1-3H3/t16-/m0/s1. The Morgan fingerprint density at radius 2 is 2.13 bits per heavy atom. The Bertz CT molecular complexity index is 671. The minimum Gasteiger partial charge on any atom is -0.363 e. The second-order valence-electron chi connectivity index (χ2n) is 6.19. The van der Waals surface area contributed by atoms with Crippen LogP contribution in [0.25, 0.3) is 0 Å². The van der Waals surface area contributed by atoms with Crippen LogP contribution in [-0.2, 0) is 6.54 Å². The molecule has 0 radical (unpaired) electrons. The van der Waals surface area contributed by atoms with Crippen molar-refractivity contribution in [3.8, 4) is 0 Å². The second kappa shape index (κ2) is 6.58. The van der Waals surface area contributed by atoms with E-state index in [1.807, 2.05) is 25.9 Å². The fourth-order valence-corrected chi connectivity index (χ4v) is 3.03. The van der Waals surface area contributed by atoms with Crippen molar-refractivity contribution in [3.05, 3.63) is 47.4 Å². The zero-order chi connectivity index (χ0) is 16.4. The minimum atomic E-state index is -0.297. The van der Waals surface area contributed by atoms with E-state index >= 15 is 0 Å². The summed E-state index contributed by atoms with van der Waals surface area (Å²) in [6.45, 7) is 3.65. The molecule has 23 heavy (non-hydrogen) atoms. The van der Waals surface area contributed by atoms with Gasteiger partial charge in [0.25, 0.3) is 0 Å². The Hall–Kier alpha value is -2.08. The molecule has 3 heterocycles. The molecule has 1 aliphatic rings. The van der Waals surface area contributed by atoms with Crippen molar-refractivity contribution in [2.24, 2.45) is 0 Å². The molecule has 6 heteroatoms. The van der Waals surface area contributed by atoms with Crippen LogP contribution in [0.3, 0.4) is 0 Å². The summed E-state index contributed by atoms with van der Waals surface area (Å²) in [7, 11) is 3.97. The molecule has 0 spiro atoms. The maximum atomic E-state index is 13.0. The number of hydrogen-bond acceptors (Lipinski definition) is 5. The molecule has 5 nitrogen and oxygen atoms in total. The molecule has 3 rings (SSSR count). The number of halogens is 1. The van der Waals surface area contributed by atoms with Crippen LogP contribution in [0.4, 0.5) is 10.2 Å². The lowest BCUT2D eigenvalue weighted by Gasteiger charge is -2.24. The summed E-state index contributed by atoms with van der Waals surface area (Å²) in [4.78, 5) is 17.6. The summed E-state index contributed by atoms with van der Waals surface area (Å²) < 4.78 is 13.0. The monoisotopic (exact) mass is 315 g/mol. The molecular formula is C17H22FN5. The maximum Gasteiger partial charge on any atom is 0.141 e. The van der Waals surface area contributed by atoms with Gasteiger partial charge in [-0.15, -0.1) is 0 Å². The van der Waals surface area contributed by atoms with E-state index < -0.39 is 0 Å². The Morgan fingerprint density at radius 3 is 2.83 bits per heavy atom. The van der Waals surface area contributed by atoms with Crippen molar-refractivity contribution in [2.75, 3.05) is 25.5 Å². The van der Waals surface area contributed by atoms with Gasteiger partial charge >= 0.3 is 0 Å². The summed E-state index contributed by atoms with van der Waals surface area (Å²) in [6.07, 6.45) is 3.48. The summed E-state index contributed by atoms with van der Waals surface area (Å²) in [6, 6.07) is 5.55.